The van der Waals surface area contributed by atoms with Gasteiger partial charge in [-0.3, -0.25) is 0 Å². The van der Waals surface area contributed by atoms with Gasteiger partial charge in [-0.05, 0) is 115 Å². The van der Waals surface area contributed by atoms with Gasteiger partial charge in [-0.1, -0.05) is 54.4 Å². The highest BCUT2D eigenvalue weighted by Gasteiger charge is 2.73. The molecule has 0 heteroatoms. The molecular weight excluding hydrogens is 324 g/mol. The molecule has 5 saturated carbocycles. The summed E-state index contributed by atoms with van der Waals surface area (Å²) < 4.78 is 0. The van der Waals surface area contributed by atoms with E-state index in [0.717, 1.165) is 52.8 Å². The number of hydrogen-bond donors (Lipinski definition) is 0. The van der Waals surface area contributed by atoms with Gasteiger partial charge in [0.15, 0.2) is 0 Å². The average Bonchev–Trinajstić information content (AvgIpc) is 3.16. The van der Waals surface area contributed by atoms with Crippen LogP contribution in [0.25, 0.3) is 0 Å². The molecule has 5 fully saturated rings. The molecule has 5 aliphatic rings. The van der Waals surface area contributed by atoms with E-state index < -0.39 is 0 Å². The molecule has 27 heavy (non-hydrogen) atoms. The third-order valence-electron chi connectivity index (χ3n) is 11.1. The maximum atomic E-state index is 2.75. The Hall–Kier alpha value is 0. The molecule has 0 bridgehead atoms. The summed E-state index contributed by atoms with van der Waals surface area (Å²) in [5.41, 5.74) is 2.01. The molecule has 0 saturated heterocycles. The third kappa shape index (κ3) is 2.66. The number of fused-ring (bicyclic) bond motifs is 4. The van der Waals surface area contributed by atoms with Crippen LogP contribution in [0.5, 0.6) is 0 Å². The summed E-state index contributed by atoms with van der Waals surface area (Å²) in [5.74, 6) is 8.43. The van der Waals surface area contributed by atoms with Gasteiger partial charge in [0, 0.05) is 0 Å². The molecule has 10 unspecified atom stereocenters. The lowest BCUT2D eigenvalue weighted by Gasteiger charge is -2.60. The summed E-state index contributed by atoms with van der Waals surface area (Å²) >= 11 is 0. The highest BCUT2D eigenvalue weighted by Crippen LogP contribution is 2.80. The van der Waals surface area contributed by atoms with Crippen molar-refractivity contribution in [3.05, 3.63) is 0 Å². The Balaban J connectivity index is 1.42. The maximum Gasteiger partial charge on any atom is -0.0204 e. The van der Waals surface area contributed by atoms with E-state index in [1.54, 1.807) is 44.9 Å². The standard InChI is InChI=1S/C27H46/c1-17-13-19-9-7-8-12-26(19,6)23-14-20-16-27(20)21(10-11-22(27)24(17)23)18(2)15-25(3,4)5/h17-24H,7-16H2,1-6H3. The fraction of sp³-hybridized carbons (Fsp3) is 1.00. The fourth-order valence-electron chi connectivity index (χ4n) is 10.4. The minimum absolute atomic E-state index is 0.497. The first-order valence-corrected chi connectivity index (χ1v) is 12.7. The zero-order chi connectivity index (χ0) is 19.2. The lowest BCUT2D eigenvalue weighted by molar-refractivity contribution is -0.117. The van der Waals surface area contributed by atoms with Gasteiger partial charge in [0.2, 0.25) is 0 Å². The zero-order valence-electron chi connectivity index (χ0n) is 19.2. The van der Waals surface area contributed by atoms with E-state index in [4.69, 9.17) is 0 Å². The molecule has 0 aliphatic heterocycles. The average molecular weight is 371 g/mol. The highest BCUT2D eigenvalue weighted by molar-refractivity contribution is 5.21. The van der Waals surface area contributed by atoms with E-state index >= 15 is 0 Å². The first kappa shape index (κ1) is 19.0. The summed E-state index contributed by atoms with van der Waals surface area (Å²) in [4.78, 5) is 0. The van der Waals surface area contributed by atoms with E-state index in [2.05, 4.69) is 41.5 Å². The van der Waals surface area contributed by atoms with Crippen molar-refractivity contribution in [2.75, 3.05) is 0 Å². The molecule has 0 aromatic carbocycles. The second-order valence-electron chi connectivity index (χ2n) is 13.6. The van der Waals surface area contributed by atoms with Crippen LogP contribution in [0, 0.1) is 63.6 Å². The summed E-state index contributed by atoms with van der Waals surface area (Å²) in [7, 11) is 0. The fourth-order valence-corrected chi connectivity index (χ4v) is 10.4. The summed E-state index contributed by atoms with van der Waals surface area (Å²) in [6.45, 7) is 15.4. The number of rotatable bonds is 2. The lowest BCUT2D eigenvalue weighted by Crippen LogP contribution is -2.53. The smallest absolute Gasteiger partial charge is 0.0204 e. The van der Waals surface area contributed by atoms with Gasteiger partial charge in [0.25, 0.3) is 0 Å². The van der Waals surface area contributed by atoms with Gasteiger partial charge in [-0.15, -0.1) is 0 Å². The molecule has 0 aromatic rings. The van der Waals surface area contributed by atoms with E-state index in [-0.39, 0.29) is 0 Å². The first-order valence-electron chi connectivity index (χ1n) is 12.7. The summed E-state index contributed by atoms with van der Waals surface area (Å²) in [6.07, 6.45) is 15.5. The van der Waals surface area contributed by atoms with Gasteiger partial charge in [-0.2, -0.15) is 0 Å². The maximum absolute atomic E-state index is 2.75. The highest BCUT2D eigenvalue weighted by atomic mass is 14.8. The lowest BCUT2D eigenvalue weighted by atomic mass is 9.44. The molecule has 0 N–H and O–H groups in total. The van der Waals surface area contributed by atoms with Crippen LogP contribution in [0.15, 0.2) is 0 Å². The molecule has 0 heterocycles. The molecule has 0 amide bonds. The Morgan fingerprint density at radius 3 is 2.48 bits per heavy atom. The Morgan fingerprint density at radius 1 is 0.963 bits per heavy atom. The molecule has 5 rings (SSSR count). The molecular formula is C27H46. The molecule has 1 spiro atoms. The van der Waals surface area contributed by atoms with E-state index in [1.807, 2.05) is 0 Å². The summed E-state index contributed by atoms with van der Waals surface area (Å²) in [5, 5.41) is 0. The second-order valence-corrected chi connectivity index (χ2v) is 13.6. The summed E-state index contributed by atoms with van der Waals surface area (Å²) in [6, 6.07) is 0. The predicted molar refractivity (Wildman–Crippen MR) is 115 cm³/mol. The second kappa shape index (κ2) is 6.01. The quantitative estimate of drug-likeness (QED) is 0.462. The Kier molecular flexibility index (Phi) is 4.23. The van der Waals surface area contributed by atoms with Crippen molar-refractivity contribution in [2.24, 2.45) is 63.6 Å². The SMILES string of the molecule is CC1CC2CCCCC2(C)C2CC3CC34C(C(C)CC(C)(C)C)CCC4C12. The minimum Gasteiger partial charge on any atom is -0.0622 e. The van der Waals surface area contributed by atoms with Gasteiger partial charge < -0.3 is 0 Å². The van der Waals surface area contributed by atoms with Crippen LogP contribution in [0.2, 0.25) is 0 Å². The molecule has 5 aliphatic carbocycles. The van der Waals surface area contributed by atoms with Gasteiger partial charge in [-0.25, -0.2) is 0 Å². The molecule has 10 atom stereocenters. The van der Waals surface area contributed by atoms with E-state index in [0.29, 0.717) is 10.8 Å². The first-order chi connectivity index (χ1) is 12.7. The topological polar surface area (TPSA) is 0 Å². The largest absolute Gasteiger partial charge is 0.0622 e. The van der Waals surface area contributed by atoms with Crippen molar-refractivity contribution in [2.45, 2.75) is 106 Å². The van der Waals surface area contributed by atoms with Gasteiger partial charge in [0.05, 0.1) is 0 Å². The van der Waals surface area contributed by atoms with Crippen LogP contribution in [0.1, 0.15) is 106 Å². The van der Waals surface area contributed by atoms with Crippen LogP contribution in [-0.4, -0.2) is 0 Å². The predicted octanol–water partition coefficient (Wildman–Crippen LogP) is 7.96. The van der Waals surface area contributed by atoms with Crippen LogP contribution < -0.4 is 0 Å². The molecule has 0 nitrogen and oxygen atoms in total. The molecule has 0 radical (unpaired) electrons. The van der Waals surface area contributed by atoms with E-state index in [1.165, 1.54) is 19.3 Å². The van der Waals surface area contributed by atoms with Crippen molar-refractivity contribution in [3.8, 4) is 0 Å². The van der Waals surface area contributed by atoms with Crippen molar-refractivity contribution >= 4 is 0 Å². The van der Waals surface area contributed by atoms with Crippen molar-refractivity contribution in [3.63, 3.8) is 0 Å². The Labute approximate surface area is 169 Å². The van der Waals surface area contributed by atoms with Gasteiger partial charge in [0.1, 0.15) is 0 Å². The zero-order valence-corrected chi connectivity index (χ0v) is 19.2. The van der Waals surface area contributed by atoms with E-state index in [9.17, 15) is 0 Å². The normalized spacial score (nSPS) is 55.1. The third-order valence-corrected chi connectivity index (χ3v) is 11.1. The Bertz CT molecular complexity index is 583. The van der Waals surface area contributed by atoms with Crippen LogP contribution in [0.4, 0.5) is 0 Å². The van der Waals surface area contributed by atoms with Crippen LogP contribution in [-0.2, 0) is 0 Å². The van der Waals surface area contributed by atoms with Crippen molar-refractivity contribution in [1.29, 1.82) is 0 Å². The van der Waals surface area contributed by atoms with Gasteiger partial charge >= 0.3 is 0 Å². The number of hydrogen-bond acceptors (Lipinski definition) is 0. The molecule has 0 aromatic heterocycles. The van der Waals surface area contributed by atoms with Crippen molar-refractivity contribution < 1.29 is 0 Å². The van der Waals surface area contributed by atoms with Crippen LogP contribution >= 0.6 is 0 Å². The Morgan fingerprint density at radius 2 is 1.74 bits per heavy atom. The van der Waals surface area contributed by atoms with Crippen LogP contribution in [0.3, 0.4) is 0 Å². The van der Waals surface area contributed by atoms with Crippen molar-refractivity contribution in [1.82, 2.24) is 0 Å². The monoisotopic (exact) mass is 370 g/mol. The molecule has 154 valence electrons. The minimum atomic E-state index is 0.497.